The lowest BCUT2D eigenvalue weighted by Crippen LogP contribution is -1.94. The first-order chi connectivity index (χ1) is 9.24. The molecular formula is C16H12Br2S. The molecule has 3 rings (SSSR count). The molecule has 0 saturated heterocycles. The van der Waals surface area contributed by atoms with Crippen molar-refractivity contribution in [2.24, 2.45) is 0 Å². The van der Waals surface area contributed by atoms with Gasteiger partial charge in [-0.15, -0.1) is 11.3 Å². The van der Waals surface area contributed by atoms with Gasteiger partial charge in [0.25, 0.3) is 0 Å². The zero-order valence-corrected chi connectivity index (χ0v) is 14.1. The molecule has 0 nitrogen and oxygen atoms in total. The maximum absolute atomic E-state index is 3.84. The highest BCUT2D eigenvalue weighted by molar-refractivity contribution is 9.10. The summed E-state index contributed by atoms with van der Waals surface area (Å²) in [6.07, 6.45) is 1.00. The van der Waals surface area contributed by atoms with Gasteiger partial charge in [0, 0.05) is 14.0 Å². The SMILES string of the molecule is Brc1cccc(CC(Br)c2csc3ccccc23)c1. The van der Waals surface area contributed by atoms with Crippen molar-refractivity contribution in [2.45, 2.75) is 11.2 Å². The predicted octanol–water partition coefficient (Wildman–Crippen LogP) is 6.34. The number of benzene rings is 2. The van der Waals surface area contributed by atoms with E-state index >= 15 is 0 Å². The van der Waals surface area contributed by atoms with E-state index in [9.17, 15) is 0 Å². The Labute approximate surface area is 133 Å². The van der Waals surface area contributed by atoms with Crippen LogP contribution in [0.1, 0.15) is 16.0 Å². The Bertz CT molecular complexity index is 703. The predicted molar refractivity (Wildman–Crippen MR) is 91.3 cm³/mol. The molecule has 1 heterocycles. The van der Waals surface area contributed by atoms with Crippen molar-refractivity contribution in [2.75, 3.05) is 0 Å². The number of alkyl halides is 1. The van der Waals surface area contributed by atoms with Crippen molar-refractivity contribution in [3.8, 4) is 0 Å². The Morgan fingerprint density at radius 2 is 1.89 bits per heavy atom. The summed E-state index contributed by atoms with van der Waals surface area (Å²) in [5, 5.41) is 3.63. The topological polar surface area (TPSA) is 0 Å². The Morgan fingerprint density at radius 1 is 1.05 bits per heavy atom. The maximum Gasteiger partial charge on any atom is 0.0450 e. The normalized spacial score (nSPS) is 12.7. The minimum absolute atomic E-state index is 0.359. The van der Waals surface area contributed by atoms with Crippen LogP contribution in [0.5, 0.6) is 0 Å². The molecule has 1 atom stereocenters. The Morgan fingerprint density at radius 3 is 2.74 bits per heavy atom. The number of thiophene rings is 1. The van der Waals surface area contributed by atoms with Crippen LogP contribution in [0.4, 0.5) is 0 Å². The minimum Gasteiger partial charge on any atom is -0.143 e. The van der Waals surface area contributed by atoms with Crippen LogP contribution >= 0.6 is 43.2 Å². The van der Waals surface area contributed by atoms with Gasteiger partial charge in [0.05, 0.1) is 0 Å². The van der Waals surface area contributed by atoms with Gasteiger partial charge in [-0.25, -0.2) is 0 Å². The minimum atomic E-state index is 0.359. The fourth-order valence-corrected chi connectivity index (χ4v) is 4.61. The second-order valence-electron chi connectivity index (χ2n) is 4.49. The zero-order chi connectivity index (χ0) is 13.2. The molecule has 1 aromatic heterocycles. The van der Waals surface area contributed by atoms with Crippen LogP contribution in [0, 0.1) is 0 Å². The van der Waals surface area contributed by atoms with Gasteiger partial charge in [-0.3, -0.25) is 0 Å². The van der Waals surface area contributed by atoms with E-state index in [4.69, 9.17) is 0 Å². The molecule has 0 fully saturated rings. The third-order valence-corrected chi connectivity index (χ3v) is 5.44. The number of fused-ring (bicyclic) bond motifs is 1. The lowest BCUT2D eigenvalue weighted by atomic mass is 10.0. The molecule has 0 saturated carbocycles. The molecule has 0 bridgehead atoms. The van der Waals surface area contributed by atoms with Gasteiger partial charge in [0.15, 0.2) is 0 Å². The van der Waals surface area contributed by atoms with Crippen LogP contribution in [-0.4, -0.2) is 0 Å². The summed E-state index contributed by atoms with van der Waals surface area (Å²) in [7, 11) is 0. The van der Waals surface area contributed by atoms with Crippen molar-refractivity contribution in [3.05, 3.63) is 69.5 Å². The first-order valence-corrected chi connectivity index (χ1v) is 8.67. The highest BCUT2D eigenvalue weighted by Crippen LogP contribution is 2.36. The van der Waals surface area contributed by atoms with E-state index in [0.717, 1.165) is 10.9 Å². The number of hydrogen-bond acceptors (Lipinski definition) is 1. The monoisotopic (exact) mass is 394 g/mol. The summed E-state index contributed by atoms with van der Waals surface area (Å²) < 4.78 is 2.50. The van der Waals surface area contributed by atoms with Crippen LogP contribution in [0.15, 0.2) is 58.4 Å². The highest BCUT2D eigenvalue weighted by atomic mass is 79.9. The third kappa shape index (κ3) is 2.93. The van der Waals surface area contributed by atoms with Crippen LogP contribution in [-0.2, 0) is 6.42 Å². The molecule has 96 valence electrons. The molecular weight excluding hydrogens is 384 g/mol. The van der Waals surface area contributed by atoms with Crippen LogP contribution in [0.3, 0.4) is 0 Å². The summed E-state index contributed by atoms with van der Waals surface area (Å²) in [6, 6.07) is 17.1. The smallest absolute Gasteiger partial charge is 0.0450 e. The first-order valence-electron chi connectivity index (χ1n) is 6.08. The summed E-state index contributed by atoms with van der Waals surface area (Å²) in [6.45, 7) is 0. The van der Waals surface area contributed by atoms with Gasteiger partial charge < -0.3 is 0 Å². The van der Waals surface area contributed by atoms with Crippen LogP contribution in [0.25, 0.3) is 10.1 Å². The maximum atomic E-state index is 3.84. The average molecular weight is 396 g/mol. The van der Waals surface area contributed by atoms with Crippen molar-refractivity contribution in [1.29, 1.82) is 0 Å². The summed E-state index contributed by atoms with van der Waals surface area (Å²) in [4.78, 5) is 0.359. The highest BCUT2D eigenvalue weighted by Gasteiger charge is 2.13. The van der Waals surface area contributed by atoms with Gasteiger partial charge in [-0.1, -0.05) is 62.2 Å². The lowest BCUT2D eigenvalue weighted by molar-refractivity contribution is 0.961. The largest absolute Gasteiger partial charge is 0.143 e. The zero-order valence-electron chi connectivity index (χ0n) is 10.1. The van der Waals surface area contributed by atoms with Crippen LogP contribution in [0.2, 0.25) is 0 Å². The van der Waals surface area contributed by atoms with Crippen molar-refractivity contribution < 1.29 is 0 Å². The molecule has 2 aromatic carbocycles. The second kappa shape index (κ2) is 5.78. The fourth-order valence-electron chi connectivity index (χ4n) is 2.22. The van der Waals surface area contributed by atoms with E-state index in [1.807, 2.05) is 11.3 Å². The average Bonchev–Trinajstić information content (AvgIpc) is 2.82. The lowest BCUT2D eigenvalue weighted by Gasteiger charge is -2.09. The summed E-state index contributed by atoms with van der Waals surface area (Å²) >= 11 is 9.18. The quantitative estimate of drug-likeness (QED) is 0.453. The molecule has 0 aliphatic carbocycles. The van der Waals surface area contributed by atoms with Gasteiger partial charge in [-0.05, 0) is 46.5 Å². The van der Waals surface area contributed by atoms with Gasteiger partial charge in [0.1, 0.15) is 0 Å². The molecule has 19 heavy (non-hydrogen) atoms. The van der Waals surface area contributed by atoms with Gasteiger partial charge in [-0.2, -0.15) is 0 Å². The van der Waals surface area contributed by atoms with E-state index in [1.54, 1.807) is 0 Å². The molecule has 0 spiro atoms. The molecule has 0 N–H and O–H groups in total. The molecule has 0 aliphatic heterocycles. The molecule has 0 aliphatic rings. The molecule has 0 amide bonds. The molecule has 3 heteroatoms. The summed E-state index contributed by atoms with van der Waals surface area (Å²) in [5.74, 6) is 0. The molecule has 3 aromatic rings. The Balaban J connectivity index is 1.90. The van der Waals surface area contributed by atoms with Crippen LogP contribution < -0.4 is 0 Å². The summed E-state index contributed by atoms with van der Waals surface area (Å²) in [5.41, 5.74) is 2.73. The third-order valence-electron chi connectivity index (χ3n) is 3.15. The Kier molecular flexibility index (Phi) is 4.06. The van der Waals surface area contributed by atoms with Gasteiger partial charge >= 0.3 is 0 Å². The standard InChI is InChI=1S/C16H12Br2S/c17-12-5-3-4-11(8-12)9-15(18)14-10-19-16-7-2-1-6-13(14)16/h1-8,10,15H,9H2. The van der Waals surface area contributed by atoms with Crippen molar-refractivity contribution >= 4 is 53.3 Å². The van der Waals surface area contributed by atoms with E-state index in [1.165, 1.54) is 21.2 Å². The fraction of sp³-hybridized carbons (Fsp3) is 0.125. The number of halogens is 2. The molecule has 0 radical (unpaired) electrons. The van der Waals surface area contributed by atoms with E-state index < -0.39 is 0 Å². The number of rotatable bonds is 3. The van der Waals surface area contributed by atoms with Gasteiger partial charge in [0.2, 0.25) is 0 Å². The first kappa shape index (κ1) is 13.3. The number of hydrogen-bond donors (Lipinski definition) is 0. The Hall–Kier alpha value is -0.640. The second-order valence-corrected chi connectivity index (χ2v) is 7.42. The van der Waals surface area contributed by atoms with E-state index in [2.05, 4.69) is 85.8 Å². The van der Waals surface area contributed by atoms with Crippen molar-refractivity contribution in [3.63, 3.8) is 0 Å². The van der Waals surface area contributed by atoms with E-state index in [-0.39, 0.29) is 0 Å². The van der Waals surface area contributed by atoms with Crippen molar-refractivity contribution in [1.82, 2.24) is 0 Å². The molecule has 1 unspecified atom stereocenters. The van der Waals surface area contributed by atoms with E-state index in [0.29, 0.717) is 4.83 Å².